The van der Waals surface area contributed by atoms with E-state index in [2.05, 4.69) is 4.99 Å². The highest BCUT2D eigenvalue weighted by atomic mass is 16.3. The van der Waals surface area contributed by atoms with Gasteiger partial charge in [0.15, 0.2) is 11.6 Å². The predicted octanol–water partition coefficient (Wildman–Crippen LogP) is 1.46. The molecule has 0 aliphatic heterocycles. The van der Waals surface area contributed by atoms with E-state index >= 15 is 0 Å². The number of nitrogens with zero attached hydrogens (tertiary/aromatic N) is 1. The Balaban J connectivity index is 2.23. The molecule has 3 nitrogen and oxygen atoms in total. The second kappa shape index (κ2) is 2.66. The molecule has 64 valence electrons. The van der Waals surface area contributed by atoms with Crippen LogP contribution in [0.1, 0.15) is 24.2 Å². The maximum Gasteiger partial charge on any atom is 0.171 e. The average Bonchev–Trinajstić information content (AvgIpc) is 2.72. The largest absolute Gasteiger partial charge is 0.461 e. The number of furan rings is 1. The van der Waals surface area contributed by atoms with Gasteiger partial charge in [0, 0.05) is 0 Å². The molecule has 1 aliphatic rings. The smallest absolute Gasteiger partial charge is 0.171 e. The average molecular weight is 164 g/mol. The first kappa shape index (κ1) is 7.40. The molecule has 0 spiro atoms. The molecule has 0 saturated heterocycles. The van der Waals surface area contributed by atoms with Crippen molar-refractivity contribution in [3.63, 3.8) is 0 Å². The van der Waals surface area contributed by atoms with Crippen LogP contribution >= 0.6 is 0 Å². The Morgan fingerprint density at radius 3 is 2.92 bits per heavy atom. The molecule has 1 fully saturated rings. The van der Waals surface area contributed by atoms with Crippen molar-refractivity contribution in [2.24, 2.45) is 10.7 Å². The maximum atomic E-state index is 5.74. The fourth-order valence-corrected chi connectivity index (χ4v) is 1.09. The summed E-state index contributed by atoms with van der Waals surface area (Å²) in [6, 6.07) is 2.35. The minimum atomic E-state index is 0.453. The topological polar surface area (TPSA) is 51.5 Å². The summed E-state index contributed by atoms with van der Waals surface area (Å²) in [5.41, 5.74) is 6.79. The number of hydrogen-bond donors (Lipinski definition) is 1. The Bertz CT molecular complexity index is 310. The number of aryl methyl sites for hydroxylation is 1. The van der Waals surface area contributed by atoms with E-state index in [-0.39, 0.29) is 0 Å². The Morgan fingerprint density at radius 1 is 1.67 bits per heavy atom. The van der Waals surface area contributed by atoms with Gasteiger partial charge in [0.05, 0.1) is 12.3 Å². The third-order valence-electron chi connectivity index (χ3n) is 1.96. The first-order chi connectivity index (χ1) is 5.77. The molecule has 0 amide bonds. The van der Waals surface area contributed by atoms with Gasteiger partial charge in [-0.3, -0.25) is 4.99 Å². The lowest BCUT2D eigenvalue weighted by Crippen LogP contribution is -2.14. The highest BCUT2D eigenvalue weighted by molar-refractivity contribution is 5.96. The second-order valence-electron chi connectivity index (χ2n) is 3.18. The van der Waals surface area contributed by atoms with Crippen molar-refractivity contribution in [2.45, 2.75) is 25.8 Å². The molecule has 0 atom stereocenters. The number of hydrogen-bond acceptors (Lipinski definition) is 2. The predicted molar refractivity (Wildman–Crippen MR) is 47.2 cm³/mol. The molecule has 2 N–H and O–H groups in total. The third-order valence-corrected chi connectivity index (χ3v) is 1.96. The number of aliphatic imine (C=N–C) groups is 1. The van der Waals surface area contributed by atoms with Crippen molar-refractivity contribution in [2.75, 3.05) is 0 Å². The fraction of sp³-hybridized carbons (Fsp3) is 0.444. The van der Waals surface area contributed by atoms with E-state index in [1.54, 1.807) is 6.26 Å². The van der Waals surface area contributed by atoms with Crippen LogP contribution in [0.25, 0.3) is 0 Å². The van der Waals surface area contributed by atoms with Crippen LogP contribution in [0.15, 0.2) is 21.7 Å². The van der Waals surface area contributed by atoms with Gasteiger partial charge in [-0.1, -0.05) is 0 Å². The Hall–Kier alpha value is -1.25. The van der Waals surface area contributed by atoms with Crippen LogP contribution in [-0.2, 0) is 0 Å². The van der Waals surface area contributed by atoms with Crippen LogP contribution in [0.2, 0.25) is 0 Å². The third kappa shape index (κ3) is 1.35. The zero-order valence-electron chi connectivity index (χ0n) is 7.08. The zero-order chi connectivity index (χ0) is 8.55. The van der Waals surface area contributed by atoms with Gasteiger partial charge in [-0.05, 0) is 31.4 Å². The lowest BCUT2D eigenvalue weighted by atomic mass is 10.3. The molecular weight excluding hydrogens is 152 g/mol. The summed E-state index contributed by atoms with van der Waals surface area (Å²) >= 11 is 0. The molecule has 2 rings (SSSR count). The number of nitrogens with two attached hydrogens (primary N) is 1. The molecule has 0 bridgehead atoms. The van der Waals surface area contributed by atoms with E-state index in [1.807, 2.05) is 13.0 Å². The van der Waals surface area contributed by atoms with Crippen molar-refractivity contribution in [1.82, 2.24) is 0 Å². The molecule has 12 heavy (non-hydrogen) atoms. The quantitative estimate of drug-likeness (QED) is 0.531. The van der Waals surface area contributed by atoms with Crippen molar-refractivity contribution in [3.05, 3.63) is 23.7 Å². The first-order valence-corrected chi connectivity index (χ1v) is 4.15. The second-order valence-corrected chi connectivity index (χ2v) is 3.18. The van der Waals surface area contributed by atoms with Gasteiger partial charge in [0.1, 0.15) is 0 Å². The highest BCUT2D eigenvalue weighted by Gasteiger charge is 2.21. The van der Waals surface area contributed by atoms with Crippen LogP contribution in [-0.4, -0.2) is 11.9 Å². The monoisotopic (exact) mass is 164 g/mol. The zero-order valence-corrected chi connectivity index (χ0v) is 7.08. The van der Waals surface area contributed by atoms with Crippen LogP contribution < -0.4 is 5.73 Å². The van der Waals surface area contributed by atoms with E-state index in [4.69, 9.17) is 10.2 Å². The lowest BCUT2D eigenvalue weighted by Gasteiger charge is -1.96. The molecule has 1 saturated carbocycles. The maximum absolute atomic E-state index is 5.74. The molecular formula is C9H12N2O. The van der Waals surface area contributed by atoms with Gasteiger partial charge in [-0.2, -0.15) is 0 Å². The Labute approximate surface area is 71.3 Å². The van der Waals surface area contributed by atoms with Gasteiger partial charge >= 0.3 is 0 Å². The van der Waals surface area contributed by atoms with E-state index < -0.39 is 0 Å². The van der Waals surface area contributed by atoms with Crippen molar-refractivity contribution in [1.29, 1.82) is 0 Å². The molecule has 3 heteroatoms. The summed E-state index contributed by atoms with van der Waals surface area (Å²) in [6.07, 6.45) is 3.97. The van der Waals surface area contributed by atoms with E-state index in [9.17, 15) is 0 Å². The van der Waals surface area contributed by atoms with E-state index in [0.717, 1.165) is 11.3 Å². The van der Waals surface area contributed by atoms with Gasteiger partial charge in [-0.25, -0.2) is 0 Å². The lowest BCUT2D eigenvalue weighted by molar-refractivity contribution is 0.554. The standard InChI is InChI=1S/C9H12N2O/c1-6-4-5-12-8(6)9(10)11-7-2-3-7/h4-5,7H,2-3H2,1H3,(H2,10,11). The Morgan fingerprint density at radius 2 is 2.42 bits per heavy atom. The summed E-state index contributed by atoms with van der Waals surface area (Å²) < 4.78 is 5.20. The van der Waals surface area contributed by atoms with Gasteiger partial charge < -0.3 is 10.2 Å². The molecule has 1 aromatic heterocycles. The summed E-state index contributed by atoms with van der Waals surface area (Å²) in [7, 11) is 0. The summed E-state index contributed by atoms with van der Waals surface area (Å²) in [4.78, 5) is 4.29. The fourth-order valence-electron chi connectivity index (χ4n) is 1.09. The van der Waals surface area contributed by atoms with E-state index in [1.165, 1.54) is 12.8 Å². The molecule has 0 radical (unpaired) electrons. The van der Waals surface area contributed by atoms with Gasteiger partial charge in [0.2, 0.25) is 0 Å². The minimum Gasteiger partial charge on any atom is -0.461 e. The molecule has 1 aliphatic carbocycles. The first-order valence-electron chi connectivity index (χ1n) is 4.15. The normalized spacial score (nSPS) is 18.2. The van der Waals surface area contributed by atoms with Gasteiger partial charge in [0.25, 0.3) is 0 Å². The molecule has 1 heterocycles. The molecule has 0 unspecified atom stereocenters. The van der Waals surface area contributed by atoms with Crippen LogP contribution in [0, 0.1) is 6.92 Å². The highest BCUT2D eigenvalue weighted by Crippen LogP contribution is 2.24. The SMILES string of the molecule is Cc1ccoc1C(N)=NC1CC1. The summed E-state index contributed by atoms with van der Waals surface area (Å²) in [5, 5.41) is 0. The Kier molecular flexibility index (Phi) is 1.64. The summed E-state index contributed by atoms with van der Waals surface area (Å²) in [6.45, 7) is 1.97. The van der Waals surface area contributed by atoms with E-state index in [0.29, 0.717) is 11.9 Å². The number of amidine groups is 1. The van der Waals surface area contributed by atoms with Crippen LogP contribution in [0.4, 0.5) is 0 Å². The van der Waals surface area contributed by atoms with Crippen LogP contribution in [0.5, 0.6) is 0 Å². The summed E-state index contributed by atoms with van der Waals surface area (Å²) in [5.74, 6) is 1.27. The van der Waals surface area contributed by atoms with Crippen molar-refractivity contribution >= 4 is 5.84 Å². The van der Waals surface area contributed by atoms with Crippen LogP contribution in [0.3, 0.4) is 0 Å². The van der Waals surface area contributed by atoms with Crippen molar-refractivity contribution < 1.29 is 4.42 Å². The van der Waals surface area contributed by atoms with Gasteiger partial charge in [-0.15, -0.1) is 0 Å². The minimum absolute atomic E-state index is 0.453. The molecule has 1 aromatic rings. The number of rotatable bonds is 2. The molecule has 0 aromatic carbocycles. The van der Waals surface area contributed by atoms with Crippen molar-refractivity contribution in [3.8, 4) is 0 Å².